The van der Waals surface area contributed by atoms with Crippen LogP contribution >= 0.6 is 11.8 Å². The van der Waals surface area contributed by atoms with Crippen LogP contribution in [0.3, 0.4) is 0 Å². The van der Waals surface area contributed by atoms with E-state index in [1.165, 1.54) is 11.8 Å². The van der Waals surface area contributed by atoms with Crippen molar-refractivity contribution in [2.24, 2.45) is 0 Å². The molecular formula is C19H19N3O3S. The van der Waals surface area contributed by atoms with Crippen molar-refractivity contribution in [3.8, 4) is 17.2 Å². The number of hydrogen-bond acceptors (Lipinski definition) is 6. The molecule has 1 amide bonds. The second kappa shape index (κ2) is 8.53. The van der Waals surface area contributed by atoms with E-state index < -0.39 is 0 Å². The summed E-state index contributed by atoms with van der Waals surface area (Å²) in [5.74, 6) is 1.66. The molecule has 0 spiro atoms. The zero-order chi connectivity index (χ0) is 18.4. The summed E-state index contributed by atoms with van der Waals surface area (Å²) in [5, 5.41) is 11.4. The molecule has 1 N–H and O–H groups in total. The Morgan fingerprint density at radius 1 is 1.19 bits per heavy atom. The molecule has 1 heterocycles. The third-order valence-electron chi connectivity index (χ3n) is 3.61. The molecule has 0 unspecified atom stereocenters. The third kappa shape index (κ3) is 4.86. The van der Waals surface area contributed by atoms with Crippen molar-refractivity contribution in [3.05, 3.63) is 54.1 Å². The average Bonchev–Trinajstić information content (AvgIpc) is 3.13. The highest BCUT2D eigenvalue weighted by Crippen LogP contribution is 2.26. The highest BCUT2D eigenvalue weighted by molar-refractivity contribution is 7.99. The highest BCUT2D eigenvalue weighted by atomic mass is 32.2. The number of nitrogens with zero attached hydrogens (tertiary/aromatic N) is 2. The fourth-order valence-electron chi connectivity index (χ4n) is 2.23. The molecule has 0 atom stereocenters. The predicted molar refractivity (Wildman–Crippen MR) is 101 cm³/mol. The largest absolute Gasteiger partial charge is 0.497 e. The Morgan fingerprint density at radius 2 is 2.00 bits per heavy atom. The average molecular weight is 369 g/mol. The summed E-state index contributed by atoms with van der Waals surface area (Å²) < 4.78 is 10.8. The maximum atomic E-state index is 12.0. The smallest absolute Gasteiger partial charge is 0.276 e. The molecule has 0 aliphatic carbocycles. The Labute approximate surface area is 156 Å². The SMILES string of the molecule is COc1cccc(-c2nnc(SCCC(=O)Nc3ccc(C)cc3)o2)c1. The summed E-state index contributed by atoms with van der Waals surface area (Å²) >= 11 is 1.35. The number of carbonyl (C=O) groups excluding carboxylic acids is 1. The van der Waals surface area contributed by atoms with E-state index in [2.05, 4.69) is 15.5 Å². The lowest BCUT2D eigenvalue weighted by molar-refractivity contribution is -0.115. The maximum Gasteiger partial charge on any atom is 0.276 e. The van der Waals surface area contributed by atoms with E-state index in [1.54, 1.807) is 7.11 Å². The number of nitrogens with one attached hydrogen (secondary N) is 1. The lowest BCUT2D eigenvalue weighted by Gasteiger charge is -2.04. The maximum absolute atomic E-state index is 12.0. The first-order valence-electron chi connectivity index (χ1n) is 8.11. The number of hydrogen-bond donors (Lipinski definition) is 1. The molecule has 2 aromatic carbocycles. The Bertz CT molecular complexity index is 878. The van der Waals surface area contributed by atoms with E-state index in [4.69, 9.17) is 9.15 Å². The van der Waals surface area contributed by atoms with E-state index in [0.717, 1.165) is 22.6 Å². The van der Waals surface area contributed by atoms with E-state index in [0.29, 0.717) is 23.3 Å². The summed E-state index contributed by atoms with van der Waals surface area (Å²) in [6, 6.07) is 15.1. The van der Waals surface area contributed by atoms with E-state index in [-0.39, 0.29) is 5.91 Å². The third-order valence-corrected chi connectivity index (χ3v) is 4.43. The van der Waals surface area contributed by atoms with Gasteiger partial charge in [0.25, 0.3) is 5.22 Å². The van der Waals surface area contributed by atoms with Crippen molar-refractivity contribution >= 4 is 23.4 Å². The van der Waals surface area contributed by atoms with Gasteiger partial charge in [-0.15, -0.1) is 10.2 Å². The number of carbonyl (C=O) groups is 1. The van der Waals surface area contributed by atoms with Gasteiger partial charge in [-0.05, 0) is 37.3 Å². The molecule has 134 valence electrons. The number of amides is 1. The molecule has 26 heavy (non-hydrogen) atoms. The van der Waals surface area contributed by atoms with Gasteiger partial charge in [0.05, 0.1) is 7.11 Å². The van der Waals surface area contributed by atoms with Crippen molar-refractivity contribution in [2.45, 2.75) is 18.6 Å². The van der Waals surface area contributed by atoms with Crippen LogP contribution in [0.1, 0.15) is 12.0 Å². The van der Waals surface area contributed by atoms with Crippen LogP contribution in [0.4, 0.5) is 5.69 Å². The van der Waals surface area contributed by atoms with Crippen LogP contribution in [-0.4, -0.2) is 29.0 Å². The molecule has 0 radical (unpaired) electrons. The van der Waals surface area contributed by atoms with E-state index in [9.17, 15) is 4.79 Å². The predicted octanol–water partition coefficient (Wildman–Crippen LogP) is 4.17. The Hall–Kier alpha value is -2.80. The van der Waals surface area contributed by atoms with E-state index in [1.807, 2.05) is 55.5 Å². The molecular weight excluding hydrogens is 350 g/mol. The molecule has 0 saturated carbocycles. The molecule has 3 aromatic rings. The van der Waals surface area contributed by atoms with Crippen molar-refractivity contribution in [2.75, 3.05) is 18.2 Å². The summed E-state index contributed by atoms with van der Waals surface area (Å²) in [4.78, 5) is 12.0. The van der Waals surface area contributed by atoms with Gasteiger partial charge in [0.15, 0.2) is 0 Å². The first-order chi connectivity index (χ1) is 12.6. The van der Waals surface area contributed by atoms with Gasteiger partial charge in [0.2, 0.25) is 11.8 Å². The van der Waals surface area contributed by atoms with Gasteiger partial charge in [-0.25, -0.2) is 0 Å². The standard InChI is InChI=1S/C19H19N3O3S/c1-13-6-8-15(9-7-13)20-17(23)10-11-26-19-22-21-18(25-19)14-4-3-5-16(12-14)24-2/h3-9,12H,10-11H2,1-2H3,(H,20,23). The number of aromatic nitrogens is 2. The number of aryl methyl sites for hydroxylation is 1. The lowest BCUT2D eigenvalue weighted by atomic mass is 10.2. The molecule has 0 aliphatic heterocycles. The normalized spacial score (nSPS) is 10.5. The minimum absolute atomic E-state index is 0.0473. The van der Waals surface area contributed by atoms with Crippen LogP contribution in [0, 0.1) is 6.92 Å². The molecule has 6 nitrogen and oxygen atoms in total. The van der Waals surface area contributed by atoms with Gasteiger partial charge in [0.1, 0.15) is 5.75 Å². The van der Waals surface area contributed by atoms with Crippen molar-refractivity contribution in [1.29, 1.82) is 0 Å². The van der Waals surface area contributed by atoms with Crippen LogP contribution in [0.15, 0.2) is 58.2 Å². The Kier molecular flexibility index (Phi) is 5.91. The lowest BCUT2D eigenvalue weighted by Crippen LogP contribution is -2.12. The second-order valence-electron chi connectivity index (χ2n) is 5.62. The zero-order valence-corrected chi connectivity index (χ0v) is 15.4. The van der Waals surface area contributed by atoms with Gasteiger partial charge in [-0.2, -0.15) is 0 Å². The van der Waals surface area contributed by atoms with Crippen molar-refractivity contribution < 1.29 is 13.9 Å². The van der Waals surface area contributed by atoms with Crippen LogP contribution in [-0.2, 0) is 4.79 Å². The minimum Gasteiger partial charge on any atom is -0.497 e. The molecule has 0 saturated heterocycles. The number of benzene rings is 2. The summed E-state index contributed by atoms with van der Waals surface area (Å²) in [7, 11) is 1.61. The monoisotopic (exact) mass is 369 g/mol. The quantitative estimate of drug-likeness (QED) is 0.630. The Balaban J connectivity index is 1.50. The van der Waals surface area contributed by atoms with Crippen LogP contribution in [0.5, 0.6) is 5.75 Å². The number of ether oxygens (including phenoxy) is 1. The molecule has 1 aromatic heterocycles. The van der Waals surface area contributed by atoms with Gasteiger partial charge in [-0.1, -0.05) is 35.5 Å². The molecule has 0 aliphatic rings. The fourth-order valence-corrected chi connectivity index (χ4v) is 2.93. The number of thioether (sulfide) groups is 1. The summed E-state index contributed by atoms with van der Waals surface area (Å²) in [6.45, 7) is 2.01. The van der Waals surface area contributed by atoms with Crippen molar-refractivity contribution in [1.82, 2.24) is 10.2 Å². The van der Waals surface area contributed by atoms with Gasteiger partial charge < -0.3 is 14.5 Å². The minimum atomic E-state index is -0.0473. The van der Waals surface area contributed by atoms with Gasteiger partial charge in [-0.3, -0.25) is 4.79 Å². The number of anilines is 1. The molecule has 3 rings (SSSR count). The van der Waals surface area contributed by atoms with E-state index >= 15 is 0 Å². The summed E-state index contributed by atoms with van der Waals surface area (Å²) in [6.07, 6.45) is 0.357. The molecule has 0 bridgehead atoms. The van der Waals surface area contributed by atoms with Crippen LogP contribution < -0.4 is 10.1 Å². The molecule has 0 fully saturated rings. The van der Waals surface area contributed by atoms with Crippen LogP contribution in [0.2, 0.25) is 0 Å². The second-order valence-corrected chi connectivity index (χ2v) is 6.66. The zero-order valence-electron chi connectivity index (χ0n) is 14.6. The van der Waals surface area contributed by atoms with Gasteiger partial charge in [0, 0.05) is 23.4 Å². The fraction of sp³-hybridized carbons (Fsp3) is 0.211. The van der Waals surface area contributed by atoms with Crippen molar-refractivity contribution in [3.63, 3.8) is 0 Å². The molecule has 7 heteroatoms. The Morgan fingerprint density at radius 3 is 2.77 bits per heavy atom. The topological polar surface area (TPSA) is 77.2 Å². The number of methoxy groups -OCH3 is 1. The van der Waals surface area contributed by atoms with Gasteiger partial charge >= 0.3 is 0 Å². The van der Waals surface area contributed by atoms with Crippen LogP contribution in [0.25, 0.3) is 11.5 Å². The first-order valence-corrected chi connectivity index (χ1v) is 9.10. The number of rotatable bonds is 7. The highest BCUT2D eigenvalue weighted by Gasteiger charge is 2.11. The first kappa shape index (κ1) is 18.0. The summed E-state index contributed by atoms with van der Waals surface area (Å²) in [5.41, 5.74) is 2.74.